The van der Waals surface area contributed by atoms with Gasteiger partial charge in [-0.05, 0) is 36.4 Å². The summed E-state index contributed by atoms with van der Waals surface area (Å²) in [6.07, 6.45) is 3.56. The van der Waals surface area contributed by atoms with Gasteiger partial charge in [0.25, 0.3) is 0 Å². The van der Waals surface area contributed by atoms with Crippen LogP contribution in [0.3, 0.4) is 0 Å². The van der Waals surface area contributed by atoms with Crippen LogP contribution in [0.2, 0.25) is 0 Å². The van der Waals surface area contributed by atoms with Gasteiger partial charge in [0.05, 0.1) is 0 Å². The summed E-state index contributed by atoms with van der Waals surface area (Å²) in [6, 6.07) is 7.59. The van der Waals surface area contributed by atoms with Gasteiger partial charge < -0.3 is 9.47 Å². The highest BCUT2D eigenvalue weighted by Crippen LogP contribution is 2.15. The van der Waals surface area contributed by atoms with Crippen LogP contribution < -0.4 is 4.74 Å². The molecule has 0 N–H and O–H groups in total. The van der Waals surface area contributed by atoms with Gasteiger partial charge in [-0.25, -0.2) is 0 Å². The first-order chi connectivity index (χ1) is 7.68. The lowest BCUT2D eigenvalue weighted by Gasteiger charge is -2.02. The fraction of sp³-hybridized carbons (Fsp3) is 0.250. The molecule has 0 unspecified atom stereocenters. The second-order valence-corrected chi connectivity index (χ2v) is 3.95. The predicted molar refractivity (Wildman–Crippen MR) is 65.4 cm³/mol. The summed E-state index contributed by atoms with van der Waals surface area (Å²) in [6.45, 7) is 2.13. The van der Waals surface area contributed by atoms with Crippen molar-refractivity contribution in [1.29, 1.82) is 0 Å². The van der Waals surface area contributed by atoms with E-state index in [-0.39, 0.29) is 5.97 Å². The van der Waals surface area contributed by atoms with Gasteiger partial charge in [-0.1, -0.05) is 15.9 Å². The highest BCUT2D eigenvalue weighted by Gasteiger charge is 1.91. The zero-order valence-electron chi connectivity index (χ0n) is 8.98. The largest absolute Gasteiger partial charge is 0.490 e. The average molecular weight is 285 g/mol. The minimum atomic E-state index is -0.279. The van der Waals surface area contributed by atoms with E-state index in [4.69, 9.17) is 9.47 Å². The lowest BCUT2D eigenvalue weighted by atomic mass is 10.3. The Morgan fingerprint density at radius 3 is 2.50 bits per heavy atom. The predicted octanol–water partition coefficient (Wildman–Crippen LogP) is 2.95. The van der Waals surface area contributed by atoms with Crippen LogP contribution in [0.25, 0.3) is 0 Å². The number of esters is 1. The van der Waals surface area contributed by atoms with Crippen LogP contribution >= 0.6 is 15.9 Å². The summed E-state index contributed by atoms with van der Waals surface area (Å²) >= 11 is 3.34. The third kappa shape index (κ3) is 5.56. The number of carbonyl (C=O) groups is 1. The van der Waals surface area contributed by atoms with Crippen molar-refractivity contribution < 1.29 is 14.3 Å². The number of rotatable bonds is 5. The van der Waals surface area contributed by atoms with E-state index < -0.39 is 0 Å². The first-order valence-corrected chi connectivity index (χ1v) is 5.64. The molecule has 0 saturated carbocycles. The highest BCUT2D eigenvalue weighted by atomic mass is 79.9. The molecule has 1 aromatic carbocycles. The fourth-order valence-corrected chi connectivity index (χ4v) is 1.24. The number of carbonyl (C=O) groups excluding carboxylic acids is 1. The highest BCUT2D eigenvalue weighted by molar-refractivity contribution is 9.10. The third-order valence-corrected chi connectivity index (χ3v) is 2.24. The smallest absolute Gasteiger partial charge is 0.302 e. The van der Waals surface area contributed by atoms with Crippen molar-refractivity contribution in [2.75, 3.05) is 13.2 Å². The quantitative estimate of drug-likeness (QED) is 0.616. The molecular weight excluding hydrogens is 272 g/mol. The van der Waals surface area contributed by atoms with Gasteiger partial charge >= 0.3 is 5.97 Å². The van der Waals surface area contributed by atoms with Gasteiger partial charge in [-0.3, -0.25) is 4.79 Å². The van der Waals surface area contributed by atoms with Crippen LogP contribution in [0.4, 0.5) is 0 Å². The van der Waals surface area contributed by atoms with Crippen LogP contribution in [0.1, 0.15) is 6.92 Å². The summed E-state index contributed by atoms with van der Waals surface area (Å²) in [7, 11) is 0. The SMILES string of the molecule is CC(=O)OC/C=C/COc1ccc(Br)cc1. The topological polar surface area (TPSA) is 35.5 Å². The molecule has 0 aromatic heterocycles. The molecule has 4 heteroatoms. The maximum absolute atomic E-state index is 10.4. The lowest BCUT2D eigenvalue weighted by molar-refractivity contribution is -0.139. The molecule has 0 heterocycles. The summed E-state index contributed by atoms with van der Waals surface area (Å²) in [5.41, 5.74) is 0. The van der Waals surface area contributed by atoms with E-state index in [0.717, 1.165) is 10.2 Å². The first kappa shape index (κ1) is 12.8. The van der Waals surface area contributed by atoms with Gasteiger partial charge in [0.1, 0.15) is 19.0 Å². The number of ether oxygens (including phenoxy) is 2. The normalized spacial score (nSPS) is 10.4. The van der Waals surface area contributed by atoms with Crippen LogP contribution in [-0.4, -0.2) is 19.2 Å². The molecule has 16 heavy (non-hydrogen) atoms. The molecule has 0 bridgehead atoms. The Morgan fingerprint density at radius 1 is 1.25 bits per heavy atom. The minimum Gasteiger partial charge on any atom is -0.490 e. The molecular formula is C12H13BrO3. The Morgan fingerprint density at radius 2 is 1.88 bits per heavy atom. The molecule has 1 rings (SSSR count). The summed E-state index contributed by atoms with van der Waals surface area (Å²) in [4.78, 5) is 10.4. The van der Waals surface area contributed by atoms with Gasteiger partial charge in [0.15, 0.2) is 0 Å². The van der Waals surface area contributed by atoms with E-state index in [2.05, 4.69) is 15.9 Å². The Kier molecular flexibility index (Phi) is 5.64. The van der Waals surface area contributed by atoms with Crippen molar-refractivity contribution in [3.05, 3.63) is 40.9 Å². The van der Waals surface area contributed by atoms with Crippen LogP contribution in [0.15, 0.2) is 40.9 Å². The van der Waals surface area contributed by atoms with E-state index in [9.17, 15) is 4.79 Å². The second-order valence-electron chi connectivity index (χ2n) is 3.04. The molecule has 1 aromatic rings. The van der Waals surface area contributed by atoms with Crippen LogP contribution in [0, 0.1) is 0 Å². The average Bonchev–Trinajstić information content (AvgIpc) is 2.25. The molecule has 0 fully saturated rings. The van der Waals surface area contributed by atoms with E-state index in [1.165, 1.54) is 6.92 Å². The standard InChI is InChI=1S/C12H13BrO3/c1-10(14)15-8-2-3-9-16-12-6-4-11(13)5-7-12/h2-7H,8-9H2,1H3/b3-2+. The van der Waals surface area contributed by atoms with Crippen molar-refractivity contribution in [3.63, 3.8) is 0 Å². The van der Waals surface area contributed by atoms with E-state index >= 15 is 0 Å². The molecule has 3 nitrogen and oxygen atoms in total. The molecule has 0 atom stereocenters. The zero-order valence-corrected chi connectivity index (χ0v) is 10.6. The van der Waals surface area contributed by atoms with Gasteiger partial charge in [0, 0.05) is 11.4 Å². The molecule has 0 spiro atoms. The van der Waals surface area contributed by atoms with Crippen LogP contribution in [-0.2, 0) is 9.53 Å². The third-order valence-electron chi connectivity index (χ3n) is 1.71. The van der Waals surface area contributed by atoms with Crippen molar-refractivity contribution in [3.8, 4) is 5.75 Å². The number of hydrogen-bond donors (Lipinski definition) is 0. The van der Waals surface area contributed by atoms with Crippen molar-refractivity contribution in [2.24, 2.45) is 0 Å². The second kappa shape index (κ2) is 7.06. The van der Waals surface area contributed by atoms with Crippen molar-refractivity contribution in [1.82, 2.24) is 0 Å². The van der Waals surface area contributed by atoms with Gasteiger partial charge in [0.2, 0.25) is 0 Å². The molecule has 0 saturated heterocycles. The zero-order chi connectivity index (χ0) is 11.8. The van der Waals surface area contributed by atoms with E-state index in [1.807, 2.05) is 30.3 Å². The molecule has 0 radical (unpaired) electrons. The summed E-state index contributed by atoms with van der Waals surface area (Å²) < 4.78 is 11.2. The number of hydrogen-bond acceptors (Lipinski definition) is 3. The summed E-state index contributed by atoms with van der Waals surface area (Å²) in [5, 5.41) is 0. The Balaban J connectivity index is 2.20. The van der Waals surface area contributed by atoms with Gasteiger partial charge in [-0.2, -0.15) is 0 Å². The first-order valence-electron chi connectivity index (χ1n) is 4.85. The molecule has 0 aliphatic rings. The lowest BCUT2D eigenvalue weighted by Crippen LogP contribution is -1.98. The van der Waals surface area contributed by atoms with E-state index in [0.29, 0.717) is 13.2 Å². The summed E-state index contributed by atoms with van der Waals surface area (Å²) in [5.74, 6) is 0.527. The maximum Gasteiger partial charge on any atom is 0.302 e. The monoisotopic (exact) mass is 284 g/mol. The van der Waals surface area contributed by atoms with Crippen LogP contribution in [0.5, 0.6) is 5.75 Å². The molecule has 86 valence electrons. The van der Waals surface area contributed by atoms with Gasteiger partial charge in [-0.15, -0.1) is 0 Å². The molecule has 0 amide bonds. The van der Waals surface area contributed by atoms with E-state index in [1.54, 1.807) is 6.08 Å². The number of halogens is 1. The van der Waals surface area contributed by atoms with Crippen molar-refractivity contribution in [2.45, 2.75) is 6.92 Å². The minimum absolute atomic E-state index is 0.279. The number of benzene rings is 1. The Hall–Kier alpha value is -1.29. The fourth-order valence-electron chi connectivity index (χ4n) is 0.977. The van der Waals surface area contributed by atoms with Crippen molar-refractivity contribution >= 4 is 21.9 Å². The maximum atomic E-state index is 10.4. The molecule has 0 aliphatic carbocycles. The molecule has 0 aliphatic heterocycles. The Bertz CT molecular complexity index is 357. The Labute approximate surface area is 103 Å².